The van der Waals surface area contributed by atoms with Crippen LogP contribution < -0.4 is 5.32 Å². The number of halogens is 1. The van der Waals surface area contributed by atoms with Crippen LogP contribution in [0.15, 0.2) is 48.5 Å². The van der Waals surface area contributed by atoms with E-state index in [1.54, 1.807) is 0 Å². The van der Waals surface area contributed by atoms with Crippen LogP contribution in [-0.4, -0.2) is 0 Å². The maximum Gasteiger partial charge on any atom is 0.0500 e. The van der Waals surface area contributed by atoms with Crippen LogP contribution >= 0.6 is 11.6 Å². The Morgan fingerprint density at radius 2 is 1.55 bits per heavy atom. The second-order valence-corrected chi connectivity index (χ2v) is 6.59. The summed E-state index contributed by atoms with van der Waals surface area (Å²) in [6.45, 7) is 8.83. The number of nitrogens with one attached hydrogen (secondary N) is 1. The molecule has 0 spiro atoms. The van der Waals surface area contributed by atoms with Crippen LogP contribution in [0.1, 0.15) is 44.9 Å². The zero-order chi connectivity index (χ0) is 14.8. The van der Waals surface area contributed by atoms with E-state index in [1.165, 1.54) is 11.3 Å². The van der Waals surface area contributed by atoms with Crippen LogP contribution in [0.5, 0.6) is 0 Å². The normalized spacial score (nSPS) is 13.1. The Hall–Kier alpha value is -1.47. The first kappa shape index (κ1) is 14.9. The SMILES string of the molecule is CC(Nc1ccccc1C(C)(C)C)c1ccccc1Cl. The van der Waals surface area contributed by atoms with Gasteiger partial charge >= 0.3 is 0 Å². The predicted octanol–water partition coefficient (Wildman–Crippen LogP) is 5.81. The van der Waals surface area contributed by atoms with Gasteiger partial charge < -0.3 is 5.32 Å². The average Bonchev–Trinajstić information content (AvgIpc) is 2.38. The fourth-order valence-electron chi connectivity index (χ4n) is 2.40. The van der Waals surface area contributed by atoms with Gasteiger partial charge in [0, 0.05) is 16.8 Å². The van der Waals surface area contributed by atoms with Crippen molar-refractivity contribution < 1.29 is 0 Å². The molecule has 0 bridgehead atoms. The summed E-state index contributed by atoms with van der Waals surface area (Å²) < 4.78 is 0. The molecule has 0 radical (unpaired) electrons. The van der Waals surface area contributed by atoms with Gasteiger partial charge in [-0.25, -0.2) is 0 Å². The van der Waals surface area contributed by atoms with Gasteiger partial charge in [0.2, 0.25) is 0 Å². The Morgan fingerprint density at radius 1 is 0.950 bits per heavy atom. The lowest BCUT2D eigenvalue weighted by molar-refractivity contribution is 0.590. The summed E-state index contributed by atoms with van der Waals surface area (Å²) in [4.78, 5) is 0. The second-order valence-electron chi connectivity index (χ2n) is 6.18. The highest BCUT2D eigenvalue weighted by Gasteiger charge is 2.19. The van der Waals surface area contributed by atoms with E-state index >= 15 is 0 Å². The zero-order valence-electron chi connectivity index (χ0n) is 12.6. The third-order valence-corrected chi connectivity index (χ3v) is 3.82. The maximum atomic E-state index is 6.28. The number of hydrogen-bond donors (Lipinski definition) is 1. The molecule has 106 valence electrons. The highest BCUT2D eigenvalue weighted by molar-refractivity contribution is 6.31. The Labute approximate surface area is 127 Å². The zero-order valence-corrected chi connectivity index (χ0v) is 13.3. The molecule has 0 saturated heterocycles. The molecule has 2 rings (SSSR count). The van der Waals surface area contributed by atoms with Crippen molar-refractivity contribution in [1.29, 1.82) is 0 Å². The van der Waals surface area contributed by atoms with E-state index in [4.69, 9.17) is 11.6 Å². The molecule has 2 aromatic rings. The summed E-state index contributed by atoms with van der Waals surface area (Å²) in [6, 6.07) is 16.6. The molecule has 1 N–H and O–H groups in total. The molecule has 0 aliphatic heterocycles. The van der Waals surface area contributed by atoms with Crippen molar-refractivity contribution in [2.75, 3.05) is 5.32 Å². The molecule has 0 heterocycles. The van der Waals surface area contributed by atoms with Gasteiger partial charge in [0.05, 0.1) is 0 Å². The largest absolute Gasteiger partial charge is 0.378 e. The molecule has 2 aromatic carbocycles. The standard InChI is InChI=1S/C18H22ClN/c1-13(14-9-5-7-11-16(14)19)20-17-12-8-6-10-15(17)18(2,3)4/h5-13,20H,1-4H3. The van der Waals surface area contributed by atoms with Gasteiger partial charge in [0.15, 0.2) is 0 Å². The summed E-state index contributed by atoms with van der Waals surface area (Å²) in [5.41, 5.74) is 3.73. The predicted molar refractivity (Wildman–Crippen MR) is 88.6 cm³/mol. The van der Waals surface area contributed by atoms with E-state index < -0.39 is 0 Å². The lowest BCUT2D eigenvalue weighted by atomic mass is 9.85. The molecular formula is C18H22ClN. The summed E-state index contributed by atoms with van der Waals surface area (Å²) in [5.74, 6) is 0. The van der Waals surface area contributed by atoms with Gasteiger partial charge in [-0.1, -0.05) is 68.8 Å². The molecule has 0 saturated carbocycles. The minimum absolute atomic E-state index is 0.115. The molecule has 0 fully saturated rings. The van der Waals surface area contributed by atoms with Gasteiger partial charge in [-0.15, -0.1) is 0 Å². The quantitative estimate of drug-likeness (QED) is 0.751. The van der Waals surface area contributed by atoms with Crippen molar-refractivity contribution in [3.63, 3.8) is 0 Å². The van der Waals surface area contributed by atoms with E-state index in [0.717, 1.165) is 10.6 Å². The number of para-hydroxylation sites is 1. The third kappa shape index (κ3) is 3.34. The van der Waals surface area contributed by atoms with Gasteiger partial charge in [-0.2, -0.15) is 0 Å². The van der Waals surface area contributed by atoms with E-state index in [-0.39, 0.29) is 11.5 Å². The molecule has 1 atom stereocenters. The fourth-order valence-corrected chi connectivity index (χ4v) is 2.70. The van der Waals surface area contributed by atoms with Crippen molar-refractivity contribution in [3.05, 3.63) is 64.7 Å². The van der Waals surface area contributed by atoms with Crippen LogP contribution in [0.4, 0.5) is 5.69 Å². The summed E-state index contributed by atoms with van der Waals surface area (Å²) in [6.07, 6.45) is 0. The summed E-state index contributed by atoms with van der Waals surface area (Å²) in [5, 5.41) is 4.40. The smallest absolute Gasteiger partial charge is 0.0500 e. The minimum atomic E-state index is 0.115. The minimum Gasteiger partial charge on any atom is -0.378 e. The molecule has 0 aliphatic rings. The van der Waals surface area contributed by atoms with Crippen molar-refractivity contribution in [2.45, 2.75) is 39.2 Å². The molecule has 2 heteroatoms. The Morgan fingerprint density at radius 3 is 2.20 bits per heavy atom. The first-order valence-corrected chi connectivity index (χ1v) is 7.38. The van der Waals surface area contributed by atoms with Gasteiger partial charge in [0.1, 0.15) is 0 Å². The highest BCUT2D eigenvalue weighted by Crippen LogP contribution is 2.32. The van der Waals surface area contributed by atoms with Crippen molar-refractivity contribution in [3.8, 4) is 0 Å². The van der Waals surface area contributed by atoms with Crippen LogP contribution in [-0.2, 0) is 5.41 Å². The van der Waals surface area contributed by atoms with E-state index in [9.17, 15) is 0 Å². The first-order chi connectivity index (χ1) is 9.39. The highest BCUT2D eigenvalue weighted by atomic mass is 35.5. The van der Waals surface area contributed by atoms with E-state index in [2.05, 4.69) is 63.3 Å². The van der Waals surface area contributed by atoms with Gasteiger partial charge in [-0.3, -0.25) is 0 Å². The second kappa shape index (κ2) is 5.88. The molecule has 0 amide bonds. The fraction of sp³-hybridized carbons (Fsp3) is 0.333. The number of anilines is 1. The molecule has 0 aliphatic carbocycles. The lowest BCUT2D eigenvalue weighted by Crippen LogP contribution is -2.16. The third-order valence-electron chi connectivity index (χ3n) is 3.48. The molecule has 1 nitrogen and oxygen atoms in total. The van der Waals surface area contributed by atoms with Crippen molar-refractivity contribution in [2.24, 2.45) is 0 Å². The van der Waals surface area contributed by atoms with Crippen LogP contribution in [0.25, 0.3) is 0 Å². The van der Waals surface area contributed by atoms with E-state index in [1.807, 2.05) is 18.2 Å². The Kier molecular flexibility index (Phi) is 4.39. The number of hydrogen-bond acceptors (Lipinski definition) is 1. The van der Waals surface area contributed by atoms with Gasteiger partial charge in [0.25, 0.3) is 0 Å². The maximum absolute atomic E-state index is 6.28. The average molecular weight is 288 g/mol. The van der Waals surface area contributed by atoms with Crippen LogP contribution in [0.2, 0.25) is 5.02 Å². The topological polar surface area (TPSA) is 12.0 Å². The monoisotopic (exact) mass is 287 g/mol. The van der Waals surface area contributed by atoms with E-state index in [0.29, 0.717) is 0 Å². The molecule has 20 heavy (non-hydrogen) atoms. The van der Waals surface area contributed by atoms with Crippen LogP contribution in [0.3, 0.4) is 0 Å². The summed E-state index contributed by atoms with van der Waals surface area (Å²) >= 11 is 6.28. The molecule has 1 unspecified atom stereocenters. The van der Waals surface area contributed by atoms with Crippen molar-refractivity contribution in [1.82, 2.24) is 0 Å². The molecular weight excluding hydrogens is 266 g/mol. The molecule has 0 aromatic heterocycles. The summed E-state index contributed by atoms with van der Waals surface area (Å²) in [7, 11) is 0. The number of benzene rings is 2. The Bertz CT molecular complexity index is 584. The van der Waals surface area contributed by atoms with Crippen LogP contribution in [0, 0.1) is 0 Å². The first-order valence-electron chi connectivity index (χ1n) is 7.00. The Balaban J connectivity index is 2.29. The van der Waals surface area contributed by atoms with Crippen molar-refractivity contribution >= 4 is 17.3 Å². The number of rotatable bonds is 3. The lowest BCUT2D eigenvalue weighted by Gasteiger charge is -2.26. The van der Waals surface area contributed by atoms with Gasteiger partial charge in [-0.05, 0) is 35.6 Å².